The van der Waals surface area contributed by atoms with E-state index in [1.54, 1.807) is 25.1 Å². The van der Waals surface area contributed by atoms with E-state index in [9.17, 15) is 22.4 Å². The van der Waals surface area contributed by atoms with Crippen LogP contribution in [0.2, 0.25) is 0 Å². The highest BCUT2D eigenvalue weighted by Gasteiger charge is 2.35. The molecule has 2 amide bonds. The minimum absolute atomic E-state index is 0.00517. The fourth-order valence-electron chi connectivity index (χ4n) is 3.38. The molecular weight excluding hydrogens is 449 g/mol. The lowest BCUT2D eigenvalue weighted by Gasteiger charge is -2.17. The molecule has 2 aromatic carbocycles. The number of rotatable bonds is 6. The molecule has 0 saturated carbocycles. The maximum atomic E-state index is 13.9. The zero-order valence-corrected chi connectivity index (χ0v) is 18.3. The Hall–Kier alpha value is -3.86. The molecule has 170 valence electrons. The molecule has 4 rings (SSSR count). The average Bonchev–Trinajstić information content (AvgIpc) is 3.18. The van der Waals surface area contributed by atoms with E-state index in [0.717, 1.165) is 0 Å². The third-order valence-corrected chi connectivity index (χ3v) is 6.53. The van der Waals surface area contributed by atoms with Crippen LogP contribution in [0.3, 0.4) is 0 Å². The number of sulfonamides is 1. The van der Waals surface area contributed by atoms with Crippen molar-refractivity contribution in [1.82, 2.24) is 9.97 Å². The zero-order chi connectivity index (χ0) is 23.6. The summed E-state index contributed by atoms with van der Waals surface area (Å²) in [5.74, 6) is -1.75. The molecule has 3 aromatic rings. The SMILES string of the molecule is Cc1ccc(N2CC(C(=O)Nc3ccc(S(=O)(=O)Nc4ncccn4)cc3)CC2=O)cc1F. The number of aryl methyl sites for hydroxylation is 1. The first-order valence-corrected chi connectivity index (χ1v) is 11.5. The van der Waals surface area contributed by atoms with Crippen molar-refractivity contribution in [3.8, 4) is 0 Å². The van der Waals surface area contributed by atoms with Gasteiger partial charge in [0.05, 0.1) is 10.8 Å². The molecule has 11 heteroatoms. The van der Waals surface area contributed by atoms with E-state index in [1.807, 2.05) is 0 Å². The van der Waals surface area contributed by atoms with Crippen LogP contribution in [-0.4, -0.2) is 36.7 Å². The van der Waals surface area contributed by atoms with Gasteiger partial charge in [-0.05, 0) is 55.0 Å². The predicted octanol–water partition coefficient (Wildman–Crippen LogP) is 2.72. The lowest BCUT2D eigenvalue weighted by molar-refractivity contribution is -0.122. The molecule has 2 N–H and O–H groups in total. The van der Waals surface area contributed by atoms with Crippen molar-refractivity contribution in [1.29, 1.82) is 0 Å². The van der Waals surface area contributed by atoms with E-state index in [-0.39, 0.29) is 35.6 Å². The van der Waals surface area contributed by atoms with Gasteiger partial charge >= 0.3 is 0 Å². The summed E-state index contributed by atoms with van der Waals surface area (Å²) in [6.45, 7) is 1.75. The van der Waals surface area contributed by atoms with Crippen LogP contribution in [0.1, 0.15) is 12.0 Å². The summed E-state index contributed by atoms with van der Waals surface area (Å²) < 4.78 is 41.0. The van der Waals surface area contributed by atoms with Crippen molar-refractivity contribution in [3.05, 3.63) is 72.3 Å². The van der Waals surface area contributed by atoms with Gasteiger partial charge in [-0.25, -0.2) is 27.5 Å². The molecule has 33 heavy (non-hydrogen) atoms. The van der Waals surface area contributed by atoms with Crippen molar-refractivity contribution in [2.75, 3.05) is 21.5 Å². The summed E-state index contributed by atoms with van der Waals surface area (Å²) in [4.78, 5) is 34.1. The highest BCUT2D eigenvalue weighted by molar-refractivity contribution is 7.92. The molecule has 1 aliphatic rings. The Morgan fingerprint density at radius 3 is 2.48 bits per heavy atom. The summed E-state index contributed by atoms with van der Waals surface area (Å²) in [6.07, 6.45) is 2.82. The molecule has 1 atom stereocenters. The fraction of sp³-hybridized carbons (Fsp3) is 0.182. The first kappa shape index (κ1) is 22.3. The van der Waals surface area contributed by atoms with Crippen LogP contribution in [0, 0.1) is 18.7 Å². The molecule has 9 nitrogen and oxygen atoms in total. The van der Waals surface area contributed by atoms with Gasteiger partial charge in [0.25, 0.3) is 10.0 Å². The second-order valence-electron chi connectivity index (χ2n) is 7.53. The standard InChI is InChI=1S/C22H20FN5O4S/c1-14-3-6-17(12-19(14)23)28-13-15(11-20(28)29)21(30)26-16-4-7-18(8-5-16)33(31,32)27-22-24-9-2-10-25-22/h2-10,12,15H,11,13H2,1H3,(H,26,30)(H,24,25,27). The van der Waals surface area contributed by atoms with Crippen molar-refractivity contribution in [2.45, 2.75) is 18.2 Å². The number of benzene rings is 2. The third kappa shape index (κ3) is 4.98. The van der Waals surface area contributed by atoms with Crippen LogP contribution < -0.4 is 14.9 Å². The van der Waals surface area contributed by atoms with Crippen LogP contribution in [0.15, 0.2) is 65.8 Å². The van der Waals surface area contributed by atoms with Gasteiger partial charge in [-0.3, -0.25) is 9.59 Å². The number of anilines is 3. The van der Waals surface area contributed by atoms with Crippen LogP contribution >= 0.6 is 0 Å². The topological polar surface area (TPSA) is 121 Å². The van der Waals surface area contributed by atoms with E-state index in [0.29, 0.717) is 16.9 Å². The molecular formula is C22H20FN5O4S. The lowest BCUT2D eigenvalue weighted by atomic mass is 10.1. The number of carbonyl (C=O) groups excluding carboxylic acids is 2. The van der Waals surface area contributed by atoms with Crippen LogP contribution in [0.5, 0.6) is 0 Å². The average molecular weight is 469 g/mol. The van der Waals surface area contributed by atoms with Crippen molar-refractivity contribution in [3.63, 3.8) is 0 Å². The smallest absolute Gasteiger partial charge is 0.264 e. The number of carbonyl (C=O) groups is 2. The van der Waals surface area contributed by atoms with Gasteiger partial charge in [0.1, 0.15) is 5.82 Å². The zero-order valence-electron chi connectivity index (χ0n) is 17.5. The Balaban J connectivity index is 1.40. The number of hydrogen-bond acceptors (Lipinski definition) is 6. The molecule has 1 saturated heterocycles. The second kappa shape index (κ2) is 8.94. The maximum absolute atomic E-state index is 13.9. The first-order valence-electron chi connectivity index (χ1n) is 10.0. The molecule has 0 radical (unpaired) electrons. The molecule has 1 aromatic heterocycles. The number of aromatic nitrogens is 2. The van der Waals surface area contributed by atoms with Crippen LogP contribution in [0.25, 0.3) is 0 Å². The van der Waals surface area contributed by atoms with E-state index < -0.39 is 21.8 Å². The molecule has 0 spiro atoms. The highest BCUT2D eigenvalue weighted by atomic mass is 32.2. The van der Waals surface area contributed by atoms with E-state index in [1.165, 1.54) is 47.6 Å². The monoisotopic (exact) mass is 469 g/mol. The summed E-state index contributed by atoms with van der Waals surface area (Å²) >= 11 is 0. The quantitative estimate of drug-likeness (QED) is 0.573. The number of hydrogen-bond donors (Lipinski definition) is 2. The number of nitrogens with one attached hydrogen (secondary N) is 2. The van der Waals surface area contributed by atoms with Crippen molar-refractivity contribution >= 4 is 39.2 Å². The molecule has 0 aliphatic carbocycles. The van der Waals surface area contributed by atoms with Gasteiger partial charge in [-0.15, -0.1) is 0 Å². The van der Waals surface area contributed by atoms with Gasteiger partial charge in [-0.1, -0.05) is 6.07 Å². The normalized spacial score (nSPS) is 16.0. The minimum atomic E-state index is -3.90. The molecule has 1 fully saturated rings. The van der Waals surface area contributed by atoms with Gasteiger partial charge < -0.3 is 10.2 Å². The Kier molecular flexibility index (Phi) is 6.05. The predicted molar refractivity (Wildman–Crippen MR) is 120 cm³/mol. The molecule has 1 aliphatic heterocycles. The van der Waals surface area contributed by atoms with Gasteiger partial charge in [0.2, 0.25) is 17.8 Å². The Labute approximate surface area is 189 Å². The fourth-order valence-corrected chi connectivity index (χ4v) is 4.33. The molecule has 2 heterocycles. The molecule has 0 bridgehead atoms. The molecule has 1 unspecified atom stereocenters. The number of halogens is 1. The number of amides is 2. The number of nitrogens with zero attached hydrogens (tertiary/aromatic N) is 3. The summed E-state index contributed by atoms with van der Waals surface area (Å²) in [5, 5.41) is 2.69. The van der Waals surface area contributed by atoms with Crippen molar-refractivity contribution < 1.29 is 22.4 Å². The summed E-state index contributed by atoms with van der Waals surface area (Å²) in [5.41, 5.74) is 1.25. The second-order valence-corrected chi connectivity index (χ2v) is 9.21. The van der Waals surface area contributed by atoms with Gasteiger partial charge in [0.15, 0.2) is 0 Å². The van der Waals surface area contributed by atoms with Crippen LogP contribution in [-0.2, 0) is 19.6 Å². The largest absolute Gasteiger partial charge is 0.326 e. The van der Waals surface area contributed by atoms with E-state index in [4.69, 9.17) is 0 Å². The first-order chi connectivity index (χ1) is 15.7. The van der Waals surface area contributed by atoms with Crippen LogP contribution in [0.4, 0.5) is 21.7 Å². The van der Waals surface area contributed by atoms with E-state index >= 15 is 0 Å². The van der Waals surface area contributed by atoms with Crippen molar-refractivity contribution in [2.24, 2.45) is 5.92 Å². The summed E-state index contributed by atoms with van der Waals surface area (Å²) in [7, 11) is -3.90. The summed E-state index contributed by atoms with van der Waals surface area (Å²) in [6, 6.07) is 11.6. The Bertz CT molecular complexity index is 1300. The van der Waals surface area contributed by atoms with Gasteiger partial charge in [0, 0.05) is 36.7 Å². The maximum Gasteiger partial charge on any atom is 0.264 e. The van der Waals surface area contributed by atoms with E-state index in [2.05, 4.69) is 20.0 Å². The third-order valence-electron chi connectivity index (χ3n) is 5.19. The highest BCUT2D eigenvalue weighted by Crippen LogP contribution is 2.27. The lowest BCUT2D eigenvalue weighted by Crippen LogP contribution is -2.28. The Morgan fingerprint density at radius 2 is 1.82 bits per heavy atom. The van der Waals surface area contributed by atoms with Gasteiger partial charge in [-0.2, -0.15) is 0 Å². The minimum Gasteiger partial charge on any atom is -0.326 e. The Morgan fingerprint density at radius 1 is 1.12 bits per heavy atom.